The van der Waals surface area contributed by atoms with Crippen LogP contribution < -0.4 is 10.6 Å². The van der Waals surface area contributed by atoms with Crippen LogP contribution in [-0.2, 0) is 10.9 Å². The van der Waals surface area contributed by atoms with Crippen molar-refractivity contribution in [2.24, 2.45) is 0 Å². The van der Waals surface area contributed by atoms with E-state index in [1.54, 1.807) is 0 Å². The minimum atomic E-state index is -4.70. The number of nitrogens with one attached hydrogen (secondary N) is 2. The third kappa shape index (κ3) is 3.91. The van der Waals surface area contributed by atoms with Crippen LogP contribution in [0.5, 0.6) is 0 Å². The van der Waals surface area contributed by atoms with Gasteiger partial charge in [0.1, 0.15) is 0 Å². The lowest BCUT2D eigenvalue weighted by Gasteiger charge is -2.23. The monoisotopic (exact) mass is 362 g/mol. The van der Waals surface area contributed by atoms with Gasteiger partial charge in [-0.25, -0.2) is 0 Å². The van der Waals surface area contributed by atoms with Crippen LogP contribution in [0.3, 0.4) is 0 Å². The summed E-state index contributed by atoms with van der Waals surface area (Å²) in [6, 6.07) is 3.02. The molecule has 0 aliphatic carbocycles. The number of halogens is 3. The first-order valence-electron chi connectivity index (χ1n) is 7.04. The lowest BCUT2D eigenvalue weighted by molar-refractivity contribution is -0.159. The fourth-order valence-corrected chi connectivity index (χ4v) is 2.92. The molecular weight excluding hydrogens is 349 g/mol. The third-order valence-electron chi connectivity index (χ3n) is 3.23. The highest BCUT2D eigenvalue weighted by molar-refractivity contribution is 7.17. The van der Waals surface area contributed by atoms with Gasteiger partial charge in [-0.2, -0.15) is 18.2 Å². The van der Waals surface area contributed by atoms with Crippen molar-refractivity contribution < 1.29 is 27.2 Å². The average molecular weight is 362 g/mol. The molecule has 1 saturated heterocycles. The highest BCUT2D eigenvalue weighted by Crippen LogP contribution is 2.31. The van der Waals surface area contributed by atoms with E-state index in [-0.39, 0.29) is 17.8 Å². The number of rotatable bonds is 4. The second-order valence-corrected chi connectivity index (χ2v) is 6.10. The van der Waals surface area contributed by atoms with Crippen molar-refractivity contribution >= 4 is 17.2 Å². The van der Waals surface area contributed by atoms with Gasteiger partial charge in [0.25, 0.3) is 5.91 Å². The van der Waals surface area contributed by atoms with Crippen LogP contribution in [0.2, 0.25) is 0 Å². The van der Waals surface area contributed by atoms with Crippen molar-refractivity contribution in [3.63, 3.8) is 0 Å². The largest absolute Gasteiger partial charge is 0.471 e. The number of carbonyl (C=O) groups is 1. The molecule has 3 heterocycles. The molecule has 0 spiro atoms. The Kier molecular flexibility index (Phi) is 4.83. The second kappa shape index (κ2) is 6.87. The molecule has 1 amide bonds. The number of ether oxygens (including phenoxy) is 1. The number of thiophene rings is 1. The van der Waals surface area contributed by atoms with Crippen molar-refractivity contribution in [2.75, 3.05) is 26.3 Å². The predicted molar refractivity (Wildman–Crippen MR) is 77.6 cm³/mol. The Balaban J connectivity index is 1.62. The molecule has 11 heteroatoms. The summed E-state index contributed by atoms with van der Waals surface area (Å²) in [6.07, 6.45) is -4.70. The molecular formula is C13H13F3N4O3S. The lowest BCUT2D eigenvalue weighted by atomic mass is 10.2. The smallest absolute Gasteiger partial charge is 0.378 e. The van der Waals surface area contributed by atoms with E-state index < -0.39 is 12.1 Å². The Morgan fingerprint density at radius 3 is 2.96 bits per heavy atom. The van der Waals surface area contributed by atoms with E-state index in [1.165, 1.54) is 12.1 Å². The normalized spacial score (nSPS) is 18.5. The van der Waals surface area contributed by atoms with Gasteiger partial charge < -0.3 is 19.9 Å². The molecule has 7 nitrogen and oxygen atoms in total. The Morgan fingerprint density at radius 1 is 1.46 bits per heavy atom. The minimum absolute atomic E-state index is 0.0358. The van der Waals surface area contributed by atoms with E-state index in [0.29, 0.717) is 29.5 Å². The van der Waals surface area contributed by atoms with Gasteiger partial charge in [0.15, 0.2) is 0 Å². The zero-order valence-electron chi connectivity index (χ0n) is 12.2. The van der Waals surface area contributed by atoms with Crippen LogP contribution in [0.15, 0.2) is 16.7 Å². The molecule has 0 bridgehead atoms. The van der Waals surface area contributed by atoms with Gasteiger partial charge in [0.05, 0.1) is 23.0 Å². The van der Waals surface area contributed by atoms with E-state index in [1.807, 2.05) is 0 Å². The SMILES string of the molecule is O=C(NC[C@@H]1COCCN1)c1ccc(-c2noc(C(F)(F)F)n2)s1. The molecule has 2 aromatic heterocycles. The fraction of sp³-hybridized carbons (Fsp3) is 0.462. The van der Waals surface area contributed by atoms with E-state index in [2.05, 4.69) is 25.3 Å². The van der Waals surface area contributed by atoms with Crippen molar-refractivity contribution in [1.29, 1.82) is 0 Å². The summed E-state index contributed by atoms with van der Waals surface area (Å²) in [6.45, 7) is 2.28. The van der Waals surface area contributed by atoms with Gasteiger partial charge in [-0.3, -0.25) is 4.79 Å². The van der Waals surface area contributed by atoms with E-state index in [9.17, 15) is 18.0 Å². The summed E-state index contributed by atoms with van der Waals surface area (Å²) in [7, 11) is 0. The maximum atomic E-state index is 12.5. The molecule has 2 N–H and O–H groups in total. The first-order valence-corrected chi connectivity index (χ1v) is 7.85. The van der Waals surface area contributed by atoms with Gasteiger partial charge >= 0.3 is 12.1 Å². The van der Waals surface area contributed by atoms with E-state index >= 15 is 0 Å². The highest BCUT2D eigenvalue weighted by atomic mass is 32.1. The number of morpholine rings is 1. The summed E-state index contributed by atoms with van der Waals surface area (Å²) in [5.74, 6) is -1.94. The molecule has 1 aliphatic heterocycles. The summed E-state index contributed by atoms with van der Waals surface area (Å²) >= 11 is 0.989. The van der Waals surface area contributed by atoms with Gasteiger partial charge in [-0.1, -0.05) is 5.16 Å². The van der Waals surface area contributed by atoms with Crippen LogP contribution >= 0.6 is 11.3 Å². The Hall–Kier alpha value is -1.98. The molecule has 2 aromatic rings. The Bertz CT molecular complexity index is 709. The molecule has 3 rings (SSSR count). The second-order valence-electron chi connectivity index (χ2n) is 5.02. The average Bonchev–Trinajstić information content (AvgIpc) is 3.21. The van der Waals surface area contributed by atoms with Gasteiger partial charge in [0.2, 0.25) is 5.82 Å². The molecule has 0 saturated carbocycles. The highest BCUT2D eigenvalue weighted by Gasteiger charge is 2.38. The van der Waals surface area contributed by atoms with E-state index in [0.717, 1.165) is 17.9 Å². The Morgan fingerprint density at radius 2 is 2.29 bits per heavy atom. The summed E-state index contributed by atoms with van der Waals surface area (Å²) in [5, 5.41) is 9.24. The molecule has 1 aliphatic rings. The van der Waals surface area contributed by atoms with Crippen LogP contribution in [0.25, 0.3) is 10.7 Å². The van der Waals surface area contributed by atoms with E-state index in [4.69, 9.17) is 4.74 Å². The number of hydrogen-bond acceptors (Lipinski definition) is 7. The Labute approximate surface area is 138 Å². The topological polar surface area (TPSA) is 89.3 Å². The summed E-state index contributed by atoms with van der Waals surface area (Å²) in [5.41, 5.74) is 0. The minimum Gasteiger partial charge on any atom is -0.378 e. The van der Waals surface area contributed by atoms with Crippen LogP contribution in [0.4, 0.5) is 13.2 Å². The lowest BCUT2D eigenvalue weighted by Crippen LogP contribution is -2.48. The number of carbonyl (C=O) groups excluding carboxylic acids is 1. The first kappa shape index (κ1) is 16.9. The van der Waals surface area contributed by atoms with Crippen LogP contribution in [-0.4, -0.2) is 48.4 Å². The number of hydrogen-bond donors (Lipinski definition) is 2. The summed E-state index contributed by atoms with van der Waals surface area (Å²) < 4.78 is 46.8. The molecule has 24 heavy (non-hydrogen) atoms. The number of alkyl halides is 3. The summed E-state index contributed by atoms with van der Waals surface area (Å²) in [4.78, 5) is 16.0. The first-order chi connectivity index (χ1) is 11.4. The van der Waals surface area contributed by atoms with Crippen molar-refractivity contribution in [3.8, 4) is 10.7 Å². The number of nitrogens with zero attached hydrogens (tertiary/aromatic N) is 2. The number of amides is 1. The standard InChI is InChI=1S/C13H13F3N4O3S/c14-13(15,16)12-19-10(20-23-12)8-1-2-9(24-8)11(21)18-5-7-6-22-4-3-17-7/h1-2,7,17H,3-6H2,(H,18,21)/t7-/m1/s1. The van der Waals surface area contributed by atoms with Crippen LogP contribution in [0.1, 0.15) is 15.6 Å². The molecule has 1 fully saturated rings. The maximum Gasteiger partial charge on any atom is 0.471 e. The van der Waals surface area contributed by atoms with Gasteiger partial charge in [-0.15, -0.1) is 11.3 Å². The zero-order valence-corrected chi connectivity index (χ0v) is 13.0. The molecule has 1 atom stereocenters. The maximum absolute atomic E-state index is 12.5. The van der Waals surface area contributed by atoms with Gasteiger partial charge in [-0.05, 0) is 12.1 Å². The fourth-order valence-electron chi connectivity index (χ4n) is 2.07. The number of aromatic nitrogens is 2. The van der Waals surface area contributed by atoms with Crippen LogP contribution in [0, 0.1) is 0 Å². The van der Waals surface area contributed by atoms with Crippen molar-refractivity contribution in [3.05, 3.63) is 22.9 Å². The quantitative estimate of drug-likeness (QED) is 0.858. The van der Waals surface area contributed by atoms with Crippen molar-refractivity contribution in [1.82, 2.24) is 20.8 Å². The molecule has 0 radical (unpaired) electrons. The zero-order chi connectivity index (χ0) is 17.2. The molecule has 0 unspecified atom stereocenters. The molecule has 130 valence electrons. The van der Waals surface area contributed by atoms with Gasteiger partial charge in [0, 0.05) is 19.1 Å². The predicted octanol–water partition coefficient (Wildman–Crippen LogP) is 1.54. The molecule has 0 aromatic carbocycles. The van der Waals surface area contributed by atoms with Crippen molar-refractivity contribution in [2.45, 2.75) is 12.2 Å². The third-order valence-corrected chi connectivity index (χ3v) is 4.31.